The molecule has 1 aromatic carbocycles. The van der Waals surface area contributed by atoms with Crippen LogP contribution < -0.4 is 20.2 Å². The number of hydrazine groups is 1. The number of benzene rings is 1. The normalized spacial score (nSPS) is 22.0. The van der Waals surface area contributed by atoms with Crippen molar-refractivity contribution < 1.29 is 37.1 Å². The number of allylic oxidation sites excluding steroid dienone is 1. The lowest BCUT2D eigenvalue weighted by Crippen LogP contribution is -2.59. The molecule has 15 nitrogen and oxygen atoms in total. The van der Waals surface area contributed by atoms with Crippen LogP contribution in [0.3, 0.4) is 0 Å². The first-order valence-corrected chi connectivity index (χ1v) is 20.7. The standard InChI is InChI=1S/C38H47N7O8S2/c1-6-8-9-12-19-45(42-35(48)53-37(3,4)5)36(49)44-23-25(52-33-31(30-16-13-20-54-30)39-27-14-10-11-15-28(27)40-33)21-29(44)32(46)41-38(22-24(38)7-2)34(47)43-55(50,51)26-17-18-26/h6-7,10-11,13-16,20,24-26,29H,1-2,8-9,12,17-19,21-23H2,3-5H3,(H,41,46)(H,42,48)(H,43,47)/t24-,25-,29+,38-/m1/s1. The Morgan fingerprint density at radius 3 is 2.42 bits per heavy atom. The van der Waals surface area contributed by atoms with Crippen LogP contribution in [0.15, 0.2) is 67.1 Å². The molecule has 294 valence electrons. The Bertz CT molecular complexity index is 2070. The molecule has 6 rings (SSSR count). The molecule has 0 unspecified atom stereocenters. The first-order valence-electron chi connectivity index (χ1n) is 18.3. The average Bonchev–Trinajstić information content (AvgIpc) is 4.00. The lowest BCUT2D eigenvalue weighted by atomic mass is 10.1. The van der Waals surface area contributed by atoms with Gasteiger partial charge in [0.1, 0.15) is 29.0 Å². The predicted molar refractivity (Wildman–Crippen MR) is 207 cm³/mol. The number of sulfonamides is 1. The number of nitrogens with one attached hydrogen (secondary N) is 3. The molecule has 55 heavy (non-hydrogen) atoms. The van der Waals surface area contributed by atoms with Gasteiger partial charge in [-0.1, -0.05) is 30.4 Å². The number of thiophene rings is 1. The molecule has 17 heteroatoms. The largest absolute Gasteiger partial charge is 0.471 e. The van der Waals surface area contributed by atoms with Crippen molar-refractivity contribution in [3.8, 4) is 16.5 Å². The number of amides is 5. The van der Waals surface area contributed by atoms with Crippen LogP contribution in [0, 0.1) is 5.92 Å². The summed E-state index contributed by atoms with van der Waals surface area (Å²) in [6.07, 6.45) is 4.46. The second-order valence-corrected chi connectivity index (χ2v) is 17.9. The fourth-order valence-electron chi connectivity index (χ4n) is 6.48. The molecule has 1 saturated heterocycles. The van der Waals surface area contributed by atoms with E-state index in [1.54, 1.807) is 32.9 Å². The minimum atomic E-state index is -3.92. The summed E-state index contributed by atoms with van der Waals surface area (Å²) < 4.78 is 39.6. The summed E-state index contributed by atoms with van der Waals surface area (Å²) in [7, 11) is -3.92. The van der Waals surface area contributed by atoms with Gasteiger partial charge in [0.15, 0.2) is 0 Å². The fourth-order valence-corrected chi connectivity index (χ4v) is 8.55. The van der Waals surface area contributed by atoms with Gasteiger partial charge in [-0.3, -0.25) is 14.3 Å². The number of rotatable bonds is 14. The zero-order chi connectivity index (χ0) is 39.5. The summed E-state index contributed by atoms with van der Waals surface area (Å²) in [6, 6.07) is 9.21. The first kappa shape index (κ1) is 39.7. The number of carbonyl (C=O) groups is 4. The predicted octanol–water partition coefficient (Wildman–Crippen LogP) is 5.07. The number of nitrogens with zero attached hydrogens (tertiary/aromatic N) is 4. The molecular formula is C38H47N7O8S2. The molecule has 2 aromatic heterocycles. The number of likely N-dealkylation sites (tertiary alicyclic amines) is 1. The number of unbranched alkanes of at least 4 members (excludes halogenated alkanes) is 2. The minimum Gasteiger partial charge on any atom is -0.471 e. The van der Waals surface area contributed by atoms with E-state index in [0.29, 0.717) is 48.8 Å². The van der Waals surface area contributed by atoms with E-state index in [1.165, 1.54) is 22.3 Å². The summed E-state index contributed by atoms with van der Waals surface area (Å²) in [5.41, 5.74) is 1.86. The Kier molecular flexibility index (Phi) is 11.5. The number of ether oxygens (including phenoxy) is 2. The van der Waals surface area contributed by atoms with Gasteiger partial charge in [-0.25, -0.2) is 38.4 Å². The topological polar surface area (TPSA) is 189 Å². The van der Waals surface area contributed by atoms with Crippen molar-refractivity contribution in [3.05, 3.63) is 67.1 Å². The summed E-state index contributed by atoms with van der Waals surface area (Å²) >= 11 is 1.45. The van der Waals surface area contributed by atoms with Crippen molar-refractivity contribution in [1.29, 1.82) is 0 Å². The molecule has 3 N–H and O–H groups in total. The summed E-state index contributed by atoms with van der Waals surface area (Å²) in [5.74, 6) is -1.89. The van der Waals surface area contributed by atoms with E-state index in [-0.39, 0.29) is 31.8 Å². The Hall–Kier alpha value is -5.03. The van der Waals surface area contributed by atoms with Gasteiger partial charge in [0.2, 0.25) is 21.8 Å². The highest BCUT2D eigenvalue weighted by Gasteiger charge is 2.62. The number of carbonyl (C=O) groups excluding carboxylic acids is 4. The van der Waals surface area contributed by atoms with Gasteiger partial charge in [0, 0.05) is 18.9 Å². The smallest absolute Gasteiger partial charge is 0.426 e. The highest BCUT2D eigenvalue weighted by Crippen LogP contribution is 2.45. The van der Waals surface area contributed by atoms with Crippen LogP contribution in [-0.4, -0.2) is 93.9 Å². The maximum Gasteiger partial charge on any atom is 0.426 e. The van der Waals surface area contributed by atoms with Crippen LogP contribution in [0.5, 0.6) is 5.88 Å². The van der Waals surface area contributed by atoms with Crippen molar-refractivity contribution in [1.82, 2.24) is 35.3 Å². The Morgan fingerprint density at radius 1 is 1.07 bits per heavy atom. The third-order valence-corrected chi connectivity index (χ3v) is 12.2. The number of hydrogen-bond donors (Lipinski definition) is 3. The SMILES string of the molecule is C=CCCCCN(NC(=O)OC(C)(C)C)C(=O)N1C[C@H](Oc2nc3ccccc3nc2-c2cccs2)C[C@H]1C(=O)N[C@]1(C(=O)NS(=O)(=O)C2CC2)C[C@H]1C=C. The Morgan fingerprint density at radius 2 is 1.80 bits per heavy atom. The zero-order valence-corrected chi connectivity index (χ0v) is 32.8. The van der Waals surface area contributed by atoms with E-state index >= 15 is 0 Å². The third kappa shape index (κ3) is 9.27. The average molecular weight is 794 g/mol. The van der Waals surface area contributed by atoms with E-state index in [1.807, 2.05) is 35.7 Å². The van der Waals surface area contributed by atoms with Crippen molar-refractivity contribution in [2.75, 3.05) is 13.1 Å². The van der Waals surface area contributed by atoms with E-state index in [4.69, 9.17) is 19.4 Å². The monoisotopic (exact) mass is 793 g/mol. The molecule has 4 atom stereocenters. The van der Waals surface area contributed by atoms with E-state index in [2.05, 4.69) is 28.6 Å². The van der Waals surface area contributed by atoms with Crippen LogP contribution in [0.4, 0.5) is 9.59 Å². The van der Waals surface area contributed by atoms with E-state index < -0.39 is 68.4 Å². The van der Waals surface area contributed by atoms with Crippen molar-refractivity contribution in [2.24, 2.45) is 5.92 Å². The van der Waals surface area contributed by atoms with Gasteiger partial charge >= 0.3 is 12.1 Å². The highest BCUT2D eigenvalue weighted by molar-refractivity contribution is 7.91. The number of fused-ring (bicyclic) bond motifs is 1. The number of urea groups is 1. The van der Waals surface area contributed by atoms with Gasteiger partial charge in [-0.15, -0.1) is 24.5 Å². The molecule has 1 aliphatic heterocycles. The number of hydrogen-bond acceptors (Lipinski definition) is 11. The molecule has 5 amide bonds. The summed E-state index contributed by atoms with van der Waals surface area (Å²) in [4.78, 5) is 67.0. The lowest BCUT2D eigenvalue weighted by molar-refractivity contribution is -0.131. The number of para-hydroxylation sites is 2. The maximum atomic E-state index is 14.5. The summed E-state index contributed by atoms with van der Waals surface area (Å²) in [5, 5.41) is 5.15. The molecule has 0 bridgehead atoms. The molecule has 0 spiro atoms. The van der Waals surface area contributed by atoms with Crippen LogP contribution in [0.1, 0.15) is 65.7 Å². The maximum absolute atomic E-state index is 14.5. The zero-order valence-electron chi connectivity index (χ0n) is 31.2. The molecule has 2 saturated carbocycles. The Labute approximate surface area is 324 Å². The fraction of sp³-hybridized carbons (Fsp3) is 0.474. The van der Waals surface area contributed by atoms with Gasteiger partial charge in [0.25, 0.3) is 5.91 Å². The Balaban J connectivity index is 1.31. The van der Waals surface area contributed by atoms with Crippen LogP contribution in [-0.2, 0) is 24.3 Å². The quantitative estimate of drug-likeness (QED) is 0.113. The van der Waals surface area contributed by atoms with Gasteiger partial charge < -0.3 is 19.7 Å². The molecule has 3 fully saturated rings. The molecule has 2 aliphatic carbocycles. The van der Waals surface area contributed by atoms with Crippen molar-refractivity contribution in [3.63, 3.8) is 0 Å². The van der Waals surface area contributed by atoms with Gasteiger partial charge in [0.05, 0.1) is 27.7 Å². The number of aromatic nitrogens is 2. The van der Waals surface area contributed by atoms with Crippen molar-refractivity contribution in [2.45, 2.75) is 94.3 Å². The highest BCUT2D eigenvalue weighted by atomic mass is 32.2. The van der Waals surface area contributed by atoms with Crippen LogP contribution in [0.25, 0.3) is 21.6 Å². The molecule has 3 aromatic rings. The van der Waals surface area contributed by atoms with E-state index in [9.17, 15) is 27.6 Å². The lowest BCUT2D eigenvalue weighted by Gasteiger charge is -2.32. The second-order valence-electron chi connectivity index (χ2n) is 15.0. The van der Waals surface area contributed by atoms with Crippen LogP contribution in [0.2, 0.25) is 0 Å². The minimum absolute atomic E-state index is 0.0243. The molecule has 3 aliphatic rings. The van der Waals surface area contributed by atoms with Gasteiger partial charge in [-0.2, -0.15) is 0 Å². The summed E-state index contributed by atoms with van der Waals surface area (Å²) in [6.45, 7) is 12.6. The molecular weight excluding hydrogens is 747 g/mol. The van der Waals surface area contributed by atoms with Gasteiger partial charge in [-0.05, 0) is 82.9 Å². The first-order chi connectivity index (χ1) is 26.1. The molecule has 0 radical (unpaired) electrons. The third-order valence-electron chi connectivity index (χ3n) is 9.53. The second kappa shape index (κ2) is 16.0. The van der Waals surface area contributed by atoms with E-state index in [0.717, 1.165) is 9.89 Å². The van der Waals surface area contributed by atoms with Crippen LogP contribution >= 0.6 is 11.3 Å². The molecule has 3 heterocycles. The van der Waals surface area contributed by atoms with Crippen molar-refractivity contribution >= 4 is 56.3 Å².